The Morgan fingerprint density at radius 2 is 1.61 bits per heavy atom. The molecule has 2 aromatic rings. The molecule has 0 aliphatic heterocycles. The van der Waals surface area contributed by atoms with E-state index in [9.17, 15) is 16.8 Å². The number of hydrogen-bond acceptors (Lipinski definition) is 5. The average Bonchev–Trinajstić information content (AvgIpc) is 2.45. The lowest BCUT2D eigenvalue weighted by atomic mass is 10.3. The normalized spacial score (nSPS) is 12.1. The highest BCUT2D eigenvalue weighted by atomic mass is 35.5. The van der Waals surface area contributed by atoms with Gasteiger partial charge in [-0.3, -0.25) is 8.86 Å². The molecule has 3 N–H and O–H groups in total. The van der Waals surface area contributed by atoms with E-state index < -0.39 is 25.0 Å². The third kappa shape index (κ3) is 3.58. The van der Waals surface area contributed by atoms with Gasteiger partial charge in [0.25, 0.3) is 20.1 Å². The zero-order chi connectivity index (χ0) is 17.4. The van der Waals surface area contributed by atoms with Crippen LogP contribution in [0.25, 0.3) is 0 Å². The molecule has 0 amide bonds. The smallest absolute Gasteiger partial charge is 0.296 e. The molecule has 0 spiro atoms. The maximum Gasteiger partial charge on any atom is 0.296 e. The lowest BCUT2D eigenvalue weighted by molar-refractivity contribution is 0.483. The Morgan fingerprint density at radius 3 is 2.09 bits per heavy atom. The molecule has 0 aromatic heterocycles. The Labute approximate surface area is 139 Å². The van der Waals surface area contributed by atoms with Crippen LogP contribution in [0.4, 0.5) is 11.4 Å². The van der Waals surface area contributed by atoms with Crippen LogP contribution in [-0.2, 0) is 20.1 Å². The third-order valence-corrected chi connectivity index (χ3v) is 6.09. The summed E-state index contributed by atoms with van der Waals surface area (Å²) in [5.74, 6) is 0. The molecule has 2 aromatic carbocycles. The van der Waals surface area contributed by atoms with Crippen LogP contribution in [0.5, 0.6) is 0 Å². The number of nitrogen functional groups attached to an aromatic ring is 1. The van der Waals surface area contributed by atoms with Crippen molar-refractivity contribution >= 4 is 43.1 Å². The van der Waals surface area contributed by atoms with Crippen molar-refractivity contribution in [2.75, 3.05) is 17.1 Å². The summed E-state index contributed by atoms with van der Waals surface area (Å²) in [6.07, 6.45) is 0. The number of nitrogens with two attached hydrogens (primary N) is 1. The minimum absolute atomic E-state index is 0.0156. The van der Waals surface area contributed by atoms with Gasteiger partial charge >= 0.3 is 0 Å². The molecule has 7 nitrogen and oxygen atoms in total. The van der Waals surface area contributed by atoms with Gasteiger partial charge in [0, 0.05) is 12.1 Å². The summed E-state index contributed by atoms with van der Waals surface area (Å²) >= 11 is 5.73. The zero-order valence-electron chi connectivity index (χ0n) is 11.8. The maximum atomic E-state index is 12.5. The van der Waals surface area contributed by atoms with Crippen LogP contribution < -0.4 is 10.0 Å². The molecule has 0 heterocycles. The fourth-order valence-corrected chi connectivity index (χ4v) is 3.78. The standard InChI is InChI=1S/C13H13ClN2O5S2/c1-16(22(17,18)11-5-2-9(14)3-6-11)10-4-7-13(12(15)8-10)23(19,20)21/h2-8H,15H2,1H3,(H,19,20,21). The quantitative estimate of drug-likeness (QED) is 0.622. The van der Waals surface area contributed by atoms with Crippen LogP contribution in [-0.4, -0.2) is 28.4 Å². The Hall–Kier alpha value is -1.81. The van der Waals surface area contributed by atoms with Crippen molar-refractivity contribution in [3.63, 3.8) is 0 Å². The van der Waals surface area contributed by atoms with E-state index in [2.05, 4.69) is 0 Å². The predicted octanol–water partition coefficient (Wildman–Crippen LogP) is 1.99. The van der Waals surface area contributed by atoms with Gasteiger partial charge in [-0.1, -0.05) is 11.6 Å². The molecule has 2 rings (SSSR count). The van der Waals surface area contributed by atoms with Crippen LogP contribution >= 0.6 is 11.6 Å². The molecule has 124 valence electrons. The van der Waals surface area contributed by atoms with E-state index >= 15 is 0 Å². The molecule has 0 saturated carbocycles. The molecular weight excluding hydrogens is 364 g/mol. The van der Waals surface area contributed by atoms with Crippen LogP contribution in [0.2, 0.25) is 5.02 Å². The van der Waals surface area contributed by atoms with Gasteiger partial charge in [-0.15, -0.1) is 0 Å². The highest BCUT2D eigenvalue weighted by Gasteiger charge is 2.23. The first-order valence-electron chi connectivity index (χ1n) is 6.15. The summed E-state index contributed by atoms with van der Waals surface area (Å²) in [5.41, 5.74) is 5.45. The molecule has 0 aliphatic carbocycles. The number of rotatable bonds is 4. The minimum atomic E-state index is -4.48. The highest BCUT2D eigenvalue weighted by molar-refractivity contribution is 7.92. The van der Waals surface area contributed by atoms with Gasteiger partial charge in [0.1, 0.15) is 4.90 Å². The van der Waals surface area contributed by atoms with Gasteiger partial charge in [-0.2, -0.15) is 8.42 Å². The van der Waals surface area contributed by atoms with Crippen molar-refractivity contribution in [3.8, 4) is 0 Å². The van der Waals surface area contributed by atoms with Crippen LogP contribution in [0.1, 0.15) is 0 Å². The van der Waals surface area contributed by atoms with Gasteiger partial charge in [0.15, 0.2) is 0 Å². The largest absolute Gasteiger partial charge is 0.398 e. The summed E-state index contributed by atoms with van der Waals surface area (Å²) in [5, 5.41) is 0.397. The lowest BCUT2D eigenvalue weighted by Gasteiger charge is -2.20. The summed E-state index contributed by atoms with van der Waals surface area (Å²) in [4.78, 5) is -0.472. The summed E-state index contributed by atoms with van der Waals surface area (Å²) in [7, 11) is -7.05. The Bertz CT molecular complexity index is 941. The van der Waals surface area contributed by atoms with Crippen molar-refractivity contribution in [2.24, 2.45) is 0 Å². The number of benzene rings is 2. The summed E-state index contributed by atoms with van der Waals surface area (Å²) in [6.45, 7) is 0. The first-order chi connectivity index (χ1) is 10.5. The first-order valence-corrected chi connectivity index (χ1v) is 9.41. The molecule has 0 atom stereocenters. The van der Waals surface area contributed by atoms with Crippen LogP contribution in [0, 0.1) is 0 Å². The molecule has 0 radical (unpaired) electrons. The van der Waals surface area contributed by atoms with E-state index in [0.717, 1.165) is 16.4 Å². The molecule has 0 saturated heterocycles. The van der Waals surface area contributed by atoms with Crippen LogP contribution in [0.3, 0.4) is 0 Å². The lowest BCUT2D eigenvalue weighted by Crippen LogP contribution is -2.26. The van der Waals surface area contributed by atoms with Gasteiger partial charge < -0.3 is 5.73 Å². The molecular formula is C13H13ClN2O5S2. The topological polar surface area (TPSA) is 118 Å². The van der Waals surface area contributed by atoms with Crippen molar-refractivity contribution < 1.29 is 21.4 Å². The Morgan fingerprint density at radius 1 is 1.04 bits per heavy atom. The van der Waals surface area contributed by atoms with Gasteiger partial charge in [-0.25, -0.2) is 8.42 Å². The van der Waals surface area contributed by atoms with Crippen LogP contribution in [0.15, 0.2) is 52.3 Å². The average molecular weight is 377 g/mol. The third-order valence-electron chi connectivity index (χ3n) is 3.11. The minimum Gasteiger partial charge on any atom is -0.398 e. The fourth-order valence-electron chi connectivity index (χ4n) is 1.87. The summed E-state index contributed by atoms with van der Waals surface area (Å²) < 4.78 is 57.2. The van der Waals surface area contributed by atoms with Crippen molar-refractivity contribution in [1.29, 1.82) is 0 Å². The second-order valence-electron chi connectivity index (χ2n) is 4.62. The molecule has 0 aliphatic rings. The van der Waals surface area contributed by atoms with Gasteiger partial charge in [0.2, 0.25) is 0 Å². The first kappa shape index (κ1) is 17.5. The number of halogens is 1. The van der Waals surface area contributed by atoms with Crippen molar-refractivity contribution in [1.82, 2.24) is 0 Å². The van der Waals surface area contributed by atoms with E-state index in [1.54, 1.807) is 0 Å². The fraction of sp³-hybridized carbons (Fsp3) is 0.0769. The van der Waals surface area contributed by atoms with E-state index in [1.165, 1.54) is 37.4 Å². The van der Waals surface area contributed by atoms with Crippen molar-refractivity contribution in [3.05, 3.63) is 47.5 Å². The van der Waals surface area contributed by atoms with E-state index in [1.807, 2.05) is 0 Å². The maximum absolute atomic E-state index is 12.5. The second kappa shape index (κ2) is 6.00. The van der Waals surface area contributed by atoms with E-state index in [0.29, 0.717) is 5.02 Å². The molecule has 0 bridgehead atoms. The van der Waals surface area contributed by atoms with Crippen molar-refractivity contribution in [2.45, 2.75) is 9.79 Å². The second-order valence-corrected chi connectivity index (χ2v) is 8.42. The number of anilines is 2. The molecule has 23 heavy (non-hydrogen) atoms. The Balaban J connectivity index is 2.46. The summed E-state index contributed by atoms with van der Waals surface area (Å²) in [6, 6.07) is 9.00. The Kier molecular flexibility index (Phi) is 4.58. The molecule has 0 fully saturated rings. The monoisotopic (exact) mass is 376 g/mol. The highest BCUT2D eigenvalue weighted by Crippen LogP contribution is 2.28. The zero-order valence-corrected chi connectivity index (χ0v) is 14.2. The van der Waals surface area contributed by atoms with E-state index in [4.69, 9.17) is 21.9 Å². The predicted molar refractivity (Wildman–Crippen MR) is 87.7 cm³/mol. The molecule has 10 heteroatoms. The SMILES string of the molecule is CN(c1ccc(S(=O)(=O)O)c(N)c1)S(=O)(=O)c1ccc(Cl)cc1. The van der Waals surface area contributed by atoms with Gasteiger partial charge in [0.05, 0.1) is 16.3 Å². The number of nitrogens with zero attached hydrogens (tertiary/aromatic N) is 1. The molecule has 0 unspecified atom stereocenters. The van der Waals surface area contributed by atoms with Gasteiger partial charge in [-0.05, 0) is 42.5 Å². The number of hydrogen-bond donors (Lipinski definition) is 2. The number of sulfonamides is 1. The van der Waals surface area contributed by atoms with E-state index in [-0.39, 0.29) is 16.3 Å².